The molecule has 2 N–H and O–H groups in total. The van der Waals surface area contributed by atoms with Crippen molar-refractivity contribution >= 4 is 78.5 Å². The number of benzene rings is 2. The molecule has 1 aromatic heterocycles. The number of ether oxygens (including phenoxy) is 2. The Kier molecular flexibility index (Phi) is 8.13. The van der Waals surface area contributed by atoms with E-state index < -0.39 is 11.8 Å². The SMILES string of the molecule is O=C(COc1ccc(Cl)cc1Br)Nc1nonc1NC(=O)COc1ccc(Cl)cc1Br. The molecule has 0 aliphatic carbocycles. The zero-order valence-electron chi connectivity index (χ0n) is 15.3. The number of hydrogen-bond acceptors (Lipinski definition) is 7. The van der Waals surface area contributed by atoms with E-state index >= 15 is 0 Å². The standard InChI is InChI=1S/C18H12Br2Cl2N4O5/c19-11-5-9(21)1-3-13(11)29-7-15(27)23-17-18(26-31-25-17)24-16(28)8-30-14-4-2-10(22)6-12(14)20/h1-6H,7-8H2,(H,23,25,27)(H,24,26,28). The third kappa shape index (κ3) is 6.82. The highest BCUT2D eigenvalue weighted by atomic mass is 79.9. The lowest BCUT2D eigenvalue weighted by Crippen LogP contribution is -2.24. The molecule has 1 heterocycles. The first-order valence-corrected chi connectivity index (χ1v) is 10.7. The number of rotatable bonds is 8. The first-order chi connectivity index (χ1) is 14.8. The van der Waals surface area contributed by atoms with Gasteiger partial charge in [-0.05, 0) is 78.6 Å². The fraction of sp³-hybridized carbons (Fsp3) is 0.111. The average molecular weight is 595 g/mol. The third-order valence-corrected chi connectivity index (χ3v) is 5.22. The first-order valence-electron chi connectivity index (χ1n) is 8.40. The van der Waals surface area contributed by atoms with Crippen molar-refractivity contribution in [3.05, 3.63) is 55.4 Å². The number of amides is 2. The molecule has 9 nitrogen and oxygen atoms in total. The molecule has 0 unspecified atom stereocenters. The van der Waals surface area contributed by atoms with Crippen molar-refractivity contribution in [2.75, 3.05) is 23.8 Å². The largest absolute Gasteiger partial charge is 0.483 e. The number of nitrogens with one attached hydrogen (secondary N) is 2. The van der Waals surface area contributed by atoms with Crippen LogP contribution in [0.15, 0.2) is 50.0 Å². The second kappa shape index (κ2) is 10.8. The Bertz CT molecular complexity index is 1030. The van der Waals surface area contributed by atoms with Gasteiger partial charge in [-0.15, -0.1) is 0 Å². The molecule has 2 amide bonds. The van der Waals surface area contributed by atoms with Crippen LogP contribution in [0.2, 0.25) is 10.0 Å². The molecule has 0 atom stereocenters. The molecule has 2 aromatic carbocycles. The molecule has 3 rings (SSSR count). The average Bonchev–Trinajstić information content (AvgIpc) is 3.13. The number of carbonyl (C=O) groups is 2. The highest BCUT2D eigenvalue weighted by Gasteiger charge is 2.17. The van der Waals surface area contributed by atoms with Crippen LogP contribution in [-0.4, -0.2) is 35.3 Å². The van der Waals surface area contributed by atoms with Crippen LogP contribution in [0.4, 0.5) is 11.6 Å². The van der Waals surface area contributed by atoms with Crippen molar-refractivity contribution in [3.8, 4) is 11.5 Å². The maximum atomic E-state index is 12.1. The van der Waals surface area contributed by atoms with Crippen LogP contribution in [0.3, 0.4) is 0 Å². The third-order valence-electron chi connectivity index (χ3n) is 3.51. The summed E-state index contributed by atoms with van der Waals surface area (Å²) < 4.78 is 16.6. The monoisotopic (exact) mass is 592 g/mol. The molecule has 0 radical (unpaired) electrons. The fourth-order valence-electron chi connectivity index (χ4n) is 2.16. The highest BCUT2D eigenvalue weighted by molar-refractivity contribution is 9.10. The first kappa shape index (κ1) is 23.3. The summed E-state index contributed by atoms with van der Waals surface area (Å²) in [7, 11) is 0. The van der Waals surface area contributed by atoms with E-state index in [-0.39, 0.29) is 24.8 Å². The maximum absolute atomic E-state index is 12.1. The van der Waals surface area contributed by atoms with Crippen LogP contribution in [0.5, 0.6) is 11.5 Å². The van der Waals surface area contributed by atoms with Gasteiger partial charge in [0.05, 0.1) is 8.95 Å². The van der Waals surface area contributed by atoms with E-state index in [1.165, 1.54) is 0 Å². The van der Waals surface area contributed by atoms with Gasteiger partial charge in [0, 0.05) is 10.0 Å². The number of hydrogen-bond donors (Lipinski definition) is 2. The summed E-state index contributed by atoms with van der Waals surface area (Å²) in [5.41, 5.74) is 0. The predicted octanol–water partition coefficient (Wildman–Crippen LogP) is 4.94. The van der Waals surface area contributed by atoms with Gasteiger partial charge in [-0.25, -0.2) is 4.63 Å². The molecule has 0 bridgehead atoms. The molecule has 31 heavy (non-hydrogen) atoms. The van der Waals surface area contributed by atoms with Gasteiger partial charge in [-0.3, -0.25) is 9.59 Å². The van der Waals surface area contributed by atoms with Crippen LogP contribution in [0.1, 0.15) is 0 Å². The summed E-state index contributed by atoms with van der Waals surface area (Å²) in [6.45, 7) is -0.650. The molecule has 162 valence electrons. The van der Waals surface area contributed by atoms with Gasteiger partial charge in [0.2, 0.25) is 11.6 Å². The van der Waals surface area contributed by atoms with E-state index in [9.17, 15) is 9.59 Å². The Labute approximate surface area is 202 Å². The Morgan fingerprint density at radius 3 is 1.65 bits per heavy atom. The number of nitrogens with zero attached hydrogens (tertiary/aromatic N) is 2. The van der Waals surface area contributed by atoms with E-state index in [4.69, 9.17) is 32.7 Å². The molecular weight excluding hydrogens is 583 g/mol. The molecule has 3 aromatic rings. The minimum Gasteiger partial charge on any atom is -0.483 e. The normalized spacial score (nSPS) is 10.5. The van der Waals surface area contributed by atoms with Crippen LogP contribution in [0, 0.1) is 0 Å². The van der Waals surface area contributed by atoms with Gasteiger partial charge in [-0.2, -0.15) is 0 Å². The van der Waals surface area contributed by atoms with E-state index in [0.29, 0.717) is 30.5 Å². The number of aromatic nitrogens is 2. The Morgan fingerprint density at radius 1 is 0.839 bits per heavy atom. The van der Waals surface area contributed by atoms with Crippen LogP contribution < -0.4 is 20.1 Å². The van der Waals surface area contributed by atoms with Gasteiger partial charge in [0.15, 0.2) is 13.2 Å². The zero-order valence-corrected chi connectivity index (χ0v) is 20.0. The molecular formula is C18H12Br2Cl2N4O5. The van der Waals surface area contributed by atoms with E-state index in [0.717, 1.165) is 0 Å². The summed E-state index contributed by atoms with van der Waals surface area (Å²) in [5, 5.41) is 13.0. The second-order valence-electron chi connectivity index (χ2n) is 5.78. The van der Waals surface area contributed by atoms with Crippen molar-refractivity contribution in [3.63, 3.8) is 0 Å². The molecule has 0 fully saturated rings. The summed E-state index contributed by atoms with van der Waals surface area (Å²) >= 11 is 18.3. The Morgan fingerprint density at radius 2 is 1.26 bits per heavy atom. The Balaban J connectivity index is 1.51. The molecule has 0 aliphatic heterocycles. The zero-order chi connectivity index (χ0) is 22.4. The Hall–Kier alpha value is -2.34. The summed E-state index contributed by atoms with van der Waals surface area (Å²) in [6.07, 6.45) is 0. The van der Waals surface area contributed by atoms with Crippen LogP contribution in [-0.2, 0) is 9.59 Å². The minimum atomic E-state index is -0.547. The van der Waals surface area contributed by atoms with Gasteiger partial charge >= 0.3 is 0 Å². The van der Waals surface area contributed by atoms with E-state index in [2.05, 4.69) is 57.4 Å². The molecule has 0 saturated heterocycles. The number of halogens is 4. The summed E-state index contributed by atoms with van der Waals surface area (Å²) in [4.78, 5) is 24.3. The van der Waals surface area contributed by atoms with Crippen molar-refractivity contribution < 1.29 is 23.7 Å². The molecule has 0 saturated carbocycles. The van der Waals surface area contributed by atoms with Gasteiger partial charge in [0.1, 0.15) is 11.5 Å². The van der Waals surface area contributed by atoms with Gasteiger partial charge in [0.25, 0.3) is 11.8 Å². The van der Waals surface area contributed by atoms with Crippen LogP contribution in [0.25, 0.3) is 0 Å². The van der Waals surface area contributed by atoms with Crippen LogP contribution >= 0.6 is 55.1 Å². The van der Waals surface area contributed by atoms with E-state index in [1.807, 2.05) is 0 Å². The van der Waals surface area contributed by atoms with E-state index in [1.54, 1.807) is 36.4 Å². The number of anilines is 2. The quantitative estimate of drug-likeness (QED) is 0.380. The van der Waals surface area contributed by atoms with Crippen molar-refractivity contribution in [1.29, 1.82) is 0 Å². The fourth-order valence-corrected chi connectivity index (χ4v) is 3.75. The summed E-state index contributed by atoms with van der Waals surface area (Å²) in [6, 6.07) is 9.74. The van der Waals surface area contributed by atoms with Gasteiger partial charge in [-0.1, -0.05) is 23.2 Å². The highest BCUT2D eigenvalue weighted by Crippen LogP contribution is 2.29. The van der Waals surface area contributed by atoms with Crippen molar-refractivity contribution in [1.82, 2.24) is 10.3 Å². The van der Waals surface area contributed by atoms with Gasteiger partial charge < -0.3 is 20.1 Å². The second-order valence-corrected chi connectivity index (χ2v) is 8.37. The molecule has 0 aliphatic rings. The van der Waals surface area contributed by atoms with Crippen molar-refractivity contribution in [2.45, 2.75) is 0 Å². The predicted molar refractivity (Wildman–Crippen MR) is 121 cm³/mol. The maximum Gasteiger partial charge on any atom is 0.263 e. The lowest BCUT2D eigenvalue weighted by atomic mass is 10.3. The lowest BCUT2D eigenvalue weighted by molar-refractivity contribution is -0.119. The summed E-state index contributed by atoms with van der Waals surface area (Å²) in [5.74, 6) is -0.396. The lowest BCUT2D eigenvalue weighted by Gasteiger charge is -2.09. The minimum absolute atomic E-state index is 0.0789. The molecule has 13 heteroatoms. The van der Waals surface area contributed by atoms with Crippen molar-refractivity contribution in [2.24, 2.45) is 0 Å². The molecule has 0 spiro atoms. The smallest absolute Gasteiger partial charge is 0.263 e. The number of carbonyl (C=O) groups excluding carboxylic acids is 2. The topological polar surface area (TPSA) is 116 Å².